The van der Waals surface area contributed by atoms with Crippen LogP contribution in [0.3, 0.4) is 0 Å². The number of nitrogens with one attached hydrogen (secondary N) is 2. The zero-order valence-electron chi connectivity index (χ0n) is 10.8. The molecule has 0 spiro atoms. The number of primary sulfonamides is 1. The number of carbonyl (C=O) groups excluding carboxylic acids is 1. The van der Waals surface area contributed by atoms with Gasteiger partial charge in [0.2, 0.25) is 10.0 Å². The van der Waals surface area contributed by atoms with Crippen LogP contribution in [0.5, 0.6) is 0 Å². The lowest BCUT2D eigenvalue weighted by molar-refractivity contribution is 0.0922. The van der Waals surface area contributed by atoms with Gasteiger partial charge in [0.05, 0.1) is 4.90 Å². The van der Waals surface area contributed by atoms with Gasteiger partial charge in [0.25, 0.3) is 5.91 Å². The van der Waals surface area contributed by atoms with Crippen LogP contribution < -0.4 is 10.5 Å². The van der Waals surface area contributed by atoms with Gasteiger partial charge in [-0.2, -0.15) is 0 Å². The van der Waals surface area contributed by atoms with Gasteiger partial charge in [-0.1, -0.05) is 12.8 Å². The van der Waals surface area contributed by atoms with E-state index in [9.17, 15) is 13.2 Å². The first-order valence-electron chi connectivity index (χ1n) is 6.40. The van der Waals surface area contributed by atoms with E-state index in [0.717, 1.165) is 12.8 Å². The number of H-pyrrole nitrogens is 1. The van der Waals surface area contributed by atoms with Crippen LogP contribution in [0.25, 0.3) is 0 Å². The molecule has 0 radical (unpaired) electrons. The predicted octanol–water partition coefficient (Wildman–Crippen LogP) is 0.971. The molecule has 0 bridgehead atoms. The summed E-state index contributed by atoms with van der Waals surface area (Å²) >= 11 is 0. The van der Waals surface area contributed by atoms with Gasteiger partial charge in [0.1, 0.15) is 5.69 Å². The van der Waals surface area contributed by atoms with Crippen molar-refractivity contribution in [2.45, 2.75) is 43.5 Å². The number of nitrogens with two attached hydrogens (primary N) is 1. The molecule has 1 fully saturated rings. The van der Waals surface area contributed by atoms with Crippen molar-refractivity contribution >= 4 is 15.9 Å². The Balaban J connectivity index is 2.01. The molecule has 1 atom stereocenters. The first-order chi connectivity index (χ1) is 8.88. The second kappa shape index (κ2) is 5.34. The highest BCUT2D eigenvalue weighted by molar-refractivity contribution is 7.89. The Labute approximate surface area is 112 Å². The van der Waals surface area contributed by atoms with Crippen molar-refractivity contribution in [3.05, 3.63) is 18.0 Å². The third-order valence-corrected chi connectivity index (χ3v) is 4.59. The number of hydrogen-bond donors (Lipinski definition) is 3. The van der Waals surface area contributed by atoms with E-state index in [1.54, 1.807) is 0 Å². The molecule has 1 heterocycles. The average molecular weight is 285 g/mol. The van der Waals surface area contributed by atoms with Gasteiger partial charge in [-0.3, -0.25) is 4.79 Å². The molecule has 6 nitrogen and oxygen atoms in total. The Morgan fingerprint density at radius 3 is 2.63 bits per heavy atom. The molecule has 2 rings (SSSR count). The van der Waals surface area contributed by atoms with E-state index in [-0.39, 0.29) is 22.5 Å². The molecule has 19 heavy (non-hydrogen) atoms. The Morgan fingerprint density at radius 1 is 1.47 bits per heavy atom. The molecule has 106 valence electrons. The third-order valence-electron chi connectivity index (χ3n) is 3.70. The number of aromatic amines is 1. The minimum Gasteiger partial charge on any atom is -0.356 e. The highest BCUT2D eigenvalue weighted by Crippen LogP contribution is 2.27. The van der Waals surface area contributed by atoms with Crippen LogP contribution in [0.15, 0.2) is 17.2 Å². The lowest BCUT2D eigenvalue weighted by Crippen LogP contribution is -2.37. The second-order valence-corrected chi connectivity index (χ2v) is 6.66. The van der Waals surface area contributed by atoms with Crippen LogP contribution in [0.4, 0.5) is 0 Å². The standard InChI is InChI=1S/C12H19N3O3S/c1-8(9-4-2-3-5-9)15-12(16)11-6-10(7-14-11)19(13,17)18/h6-9,14H,2-5H2,1H3,(H,15,16)(H2,13,17,18). The van der Waals surface area contributed by atoms with Crippen molar-refractivity contribution in [3.63, 3.8) is 0 Å². The number of sulfonamides is 1. The molecule has 1 saturated carbocycles. The van der Waals surface area contributed by atoms with Gasteiger partial charge < -0.3 is 10.3 Å². The second-order valence-electron chi connectivity index (χ2n) is 5.10. The fraction of sp³-hybridized carbons (Fsp3) is 0.583. The zero-order valence-corrected chi connectivity index (χ0v) is 11.7. The molecule has 1 unspecified atom stereocenters. The summed E-state index contributed by atoms with van der Waals surface area (Å²) in [6.45, 7) is 1.98. The van der Waals surface area contributed by atoms with Crippen molar-refractivity contribution in [1.29, 1.82) is 0 Å². The molecule has 1 aliphatic carbocycles. The summed E-state index contributed by atoms with van der Waals surface area (Å²) < 4.78 is 22.3. The van der Waals surface area contributed by atoms with Crippen LogP contribution >= 0.6 is 0 Å². The Hall–Kier alpha value is -1.34. The smallest absolute Gasteiger partial charge is 0.267 e. The fourth-order valence-corrected chi connectivity index (χ4v) is 3.03. The summed E-state index contributed by atoms with van der Waals surface area (Å²) in [6.07, 6.45) is 5.92. The van der Waals surface area contributed by atoms with E-state index in [4.69, 9.17) is 5.14 Å². The minimum absolute atomic E-state index is 0.0776. The zero-order chi connectivity index (χ0) is 14.0. The fourth-order valence-electron chi connectivity index (χ4n) is 2.53. The molecule has 7 heteroatoms. The molecule has 1 aromatic heterocycles. The molecule has 0 saturated heterocycles. The topological polar surface area (TPSA) is 105 Å². The first-order valence-corrected chi connectivity index (χ1v) is 7.94. The molecule has 1 amide bonds. The van der Waals surface area contributed by atoms with E-state index < -0.39 is 10.0 Å². The molecule has 1 aromatic rings. The molecular weight excluding hydrogens is 266 g/mol. The highest BCUT2D eigenvalue weighted by Gasteiger charge is 2.24. The molecule has 0 aliphatic heterocycles. The predicted molar refractivity (Wildman–Crippen MR) is 71.1 cm³/mol. The number of aromatic nitrogens is 1. The van der Waals surface area contributed by atoms with Crippen LogP contribution in [-0.2, 0) is 10.0 Å². The quantitative estimate of drug-likeness (QED) is 0.767. The average Bonchev–Trinajstić information content (AvgIpc) is 3.00. The van der Waals surface area contributed by atoms with E-state index in [2.05, 4.69) is 10.3 Å². The number of hydrogen-bond acceptors (Lipinski definition) is 3. The maximum Gasteiger partial charge on any atom is 0.267 e. The summed E-state index contributed by atoms with van der Waals surface area (Å²) in [5.41, 5.74) is 0.217. The van der Waals surface area contributed by atoms with Gasteiger partial charge in [0.15, 0.2) is 0 Å². The lowest BCUT2D eigenvalue weighted by Gasteiger charge is -2.19. The summed E-state index contributed by atoms with van der Waals surface area (Å²) in [6, 6.07) is 1.35. The summed E-state index contributed by atoms with van der Waals surface area (Å²) in [5, 5.41) is 7.89. The monoisotopic (exact) mass is 285 g/mol. The van der Waals surface area contributed by atoms with Crippen molar-refractivity contribution in [1.82, 2.24) is 10.3 Å². The van der Waals surface area contributed by atoms with Crippen LogP contribution in [0.2, 0.25) is 0 Å². The van der Waals surface area contributed by atoms with Gasteiger partial charge in [-0.15, -0.1) is 0 Å². The van der Waals surface area contributed by atoms with Crippen LogP contribution in [0, 0.1) is 5.92 Å². The maximum absolute atomic E-state index is 12.0. The SMILES string of the molecule is CC(NC(=O)c1cc(S(N)(=O)=O)c[nH]1)C1CCCC1. The van der Waals surface area contributed by atoms with E-state index in [0.29, 0.717) is 5.92 Å². The number of carbonyl (C=O) groups is 1. The van der Waals surface area contributed by atoms with Gasteiger partial charge in [-0.25, -0.2) is 13.6 Å². The summed E-state index contributed by atoms with van der Waals surface area (Å²) in [4.78, 5) is 14.5. The van der Waals surface area contributed by atoms with E-state index in [1.807, 2.05) is 6.92 Å². The normalized spacial score (nSPS) is 18.4. The minimum atomic E-state index is -3.77. The van der Waals surface area contributed by atoms with Gasteiger partial charge >= 0.3 is 0 Å². The van der Waals surface area contributed by atoms with Crippen LogP contribution in [0.1, 0.15) is 43.1 Å². The van der Waals surface area contributed by atoms with Crippen molar-refractivity contribution in [2.24, 2.45) is 11.1 Å². The number of rotatable bonds is 4. The van der Waals surface area contributed by atoms with Crippen molar-refractivity contribution in [2.75, 3.05) is 0 Å². The Bertz CT molecular complexity index is 559. The molecule has 4 N–H and O–H groups in total. The van der Waals surface area contributed by atoms with Crippen molar-refractivity contribution < 1.29 is 13.2 Å². The van der Waals surface area contributed by atoms with Crippen molar-refractivity contribution in [3.8, 4) is 0 Å². The Kier molecular flexibility index (Phi) is 3.96. The summed E-state index contributed by atoms with van der Waals surface area (Å²) in [5.74, 6) is 0.214. The molecule has 0 aromatic carbocycles. The van der Waals surface area contributed by atoms with E-state index in [1.165, 1.54) is 25.1 Å². The highest BCUT2D eigenvalue weighted by atomic mass is 32.2. The van der Waals surface area contributed by atoms with Gasteiger partial charge in [0, 0.05) is 12.2 Å². The summed E-state index contributed by atoms with van der Waals surface area (Å²) in [7, 11) is -3.77. The van der Waals surface area contributed by atoms with E-state index >= 15 is 0 Å². The lowest BCUT2D eigenvalue weighted by atomic mass is 10.00. The first kappa shape index (κ1) is 14.1. The Morgan fingerprint density at radius 2 is 2.11 bits per heavy atom. The largest absolute Gasteiger partial charge is 0.356 e. The van der Waals surface area contributed by atoms with Crippen LogP contribution in [-0.4, -0.2) is 25.4 Å². The third kappa shape index (κ3) is 3.36. The number of amides is 1. The molecule has 1 aliphatic rings. The van der Waals surface area contributed by atoms with Gasteiger partial charge in [-0.05, 0) is 31.7 Å². The molecular formula is C12H19N3O3S. The maximum atomic E-state index is 12.0.